The van der Waals surface area contributed by atoms with Crippen LogP contribution in [0.5, 0.6) is 5.75 Å². The van der Waals surface area contributed by atoms with Crippen LogP contribution in [0.2, 0.25) is 0 Å². The van der Waals surface area contributed by atoms with Gasteiger partial charge in [-0.25, -0.2) is 4.79 Å². The van der Waals surface area contributed by atoms with E-state index in [9.17, 15) is 9.59 Å². The van der Waals surface area contributed by atoms with E-state index in [-0.39, 0.29) is 18.5 Å². The molecule has 1 saturated heterocycles. The lowest BCUT2D eigenvalue weighted by Crippen LogP contribution is -2.43. The minimum atomic E-state index is -1.10. The minimum Gasteiger partial charge on any atom is -0.497 e. The molecule has 0 aliphatic carbocycles. The molecule has 0 bridgehead atoms. The highest BCUT2D eigenvalue weighted by Crippen LogP contribution is 2.35. The lowest BCUT2D eigenvalue weighted by molar-refractivity contribution is -0.132. The summed E-state index contributed by atoms with van der Waals surface area (Å²) in [6.07, 6.45) is 2.38. The summed E-state index contributed by atoms with van der Waals surface area (Å²) in [5.41, 5.74) is 1.64. The van der Waals surface area contributed by atoms with E-state index in [4.69, 9.17) is 4.74 Å². The average molecular weight is 364 g/mol. The Labute approximate surface area is 159 Å². The Morgan fingerprint density at radius 1 is 1.07 bits per heavy atom. The van der Waals surface area contributed by atoms with E-state index in [2.05, 4.69) is 5.32 Å². The van der Waals surface area contributed by atoms with Gasteiger partial charge in [0.1, 0.15) is 11.3 Å². The normalized spacial score (nSPS) is 19.0. The van der Waals surface area contributed by atoms with Crippen LogP contribution in [-0.2, 0) is 16.9 Å². The van der Waals surface area contributed by atoms with Crippen LogP contribution >= 0.6 is 0 Å². The van der Waals surface area contributed by atoms with Crippen LogP contribution in [0.3, 0.4) is 0 Å². The van der Waals surface area contributed by atoms with Gasteiger partial charge in [-0.1, -0.05) is 54.1 Å². The molecule has 27 heavy (non-hydrogen) atoms. The summed E-state index contributed by atoms with van der Waals surface area (Å²) in [5.74, 6) is 0.466. The number of rotatable bonds is 6. The molecular weight excluding hydrogens is 340 g/mol. The zero-order valence-electron chi connectivity index (χ0n) is 15.9. The van der Waals surface area contributed by atoms with Crippen LogP contribution in [0.4, 0.5) is 4.79 Å². The first-order valence-corrected chi connectivity index (χ1v) is 8.92. The van der Waals surface area contributed by atoms with Crippen molar-refractivity contribution in [1.29, 1.82) is 0 Å². The molecule has 5 heteroatoms. The summed E-state index contributed by atoms with van der Waals surface area (Å²) in [6.45, 7) is 4.20. The van der Waals surface area contributed by atoms with E-state index in [1.165, 1.54) is 4.90 Å². The molecule has 1 N–H and O–H groups in total. The monoisotopic (exact) mass is 364 g/mol. The summed E-state index contributed by atoms with van der Waals surface area (Å²) in [4.78, 5) is 27.4. The third kappa shape index (κ3) is 3.72. The molecule has 5 nitrogen and oxygen atoms in total. The lowest BCUT2D eigenvalue weighted by Gasteiger charge is -2.26. The molecule has 1 heterocycles. The third-order valence-corrected chi connectivity index (χ3v) is 4.76. The number of amides is 3. The van der Waals surface area contributed by atoms with Crippen molar-refractivity contribution >= 4 is 11.9 Å². The Hall–Kier alpha value is -3.08. The van der Waals surface area contributed by atoms with Crippen molar-refractivity contribution in [1.82, 2.24) is 10.2 Å². The summed E-state index contributed by atoms with van der Waals surface area (Å²) in [6, 6.07) is 16.4. The molecule has 1 fully saturated rings. The maximum absolute atomic E-state index is 13.4. The zero-order chi connectivity index (χ0) is 19.4. The standard InChI is InChI=1S/C22H24N2O3/c1-16(2)13-14-22(18-9-11-19(27-3)12-10-18)20(25)24(21(26)23-22)15-17-7-5-4-6-8-17/h4-13H,14-15H2,1-3H3,(H,23,26). The van der Waals surface area contributed by atoms with Crippen molar-refractivity contribution in [3.63, 3.8) is 0 Å². The molecule has 0 saturated carbocycles. The predicted molar refractivity (Wildman–Crippen MR) is 104 cm³/mol. The van der Waals surface area contributed by atoms with Crippen molar-refractivity contribution in [2.75, 3.05) is 7.11 Å². The first-order chi connectivity index (χ1) is 13.0. The Morgan fingerprint density at radius 2 is 1.74 bits per heavy atom. The van der Waals surface area contributed by atoms with Crippen LogP contribution < -0.4 is 10.1 Å². The maximum Gasteiger partial charge on any atom is 0.325 e. The SMILES string of the molecule is COc1ccc(C2(CC=C(C)C)NC(=O)N(Cc3ccccc3)C2=O)cc1. The van der Waals surface area contributed by atoms with E-state index in [1.54, 1.807) is 19.2 Å². The van der Waals surface area contributed by atoms with Gasteiger partial charge in [0, 0.05) is 6.42 Å². The van der Waals surface area contributed by atoms with Crippen molar-refractivity contribution in [3.8, 4) is 5.75 Å². The number of hydrogen-bond acceptors (Lipinski definition) is 3. The van der Waals surface area contributed by atoms with Gasteiger partial charge in [0.15, 0.2) is 0 Å². The molecule has 140 valence electrons. The fourth-order valence-electron chi connectivity index (χ4n) is 3.22. The quantitative estimate of drug-likeness (QED) is 0.623. The van der Waals surface area contributed by atoms with E-state index < -0.39 is 5.54 Å². The van der Waals surface area contributed by atoms with Crippen LogP contribution in [0.15, 0.2) is 66.2 Å². The maximum atomic E-state index is 13.4. The number of benzene rings is 2. The van der Waals surface area contributed by atoms with E-state index in [1.807, 2.05) is 62.4 Å². The molecular formula is C22H24N2O3. The number of ether oxygens (including phenoxy) is 1. The molecule has 2 aromatic carbocycles. The van der Waals surface area contributed by atoms with Gasteiger partial charge in [-0.15, -0.1) is 0 Å². The fraction of sp³-hybridized carbons (Fsp3) is 0.273. The molecule has 0 radical (unpaired) electrons. The first-order valence-electron chi connectivity index (χ1n) is 8.92. The Bertz CT molecular complexity index is 855. The number of hydrogen-bond donors (Lipinski definition) is 1. The van der Waals surface area contributed by atoms with Crippen LogP contribution in [-0.4, -0.2) is 23.9 Å². The summed E-state index contributed by atoms with van der Waals surface area (Å²) in [5, 5.41) is 2.95. The predicted octanol–water partition coefficient (Wildman–Crippen LogP) is 4.00. The number of imide groups is 1. The number of methoxy groups -OCH3 is 1. The highest BCUT2D eigenvalue weighted by Gasteiger charge is 2.51. The largest absolute Gasteiger partial charge is 0.497 e. The molecule has 3 amide bonds. The summed E-state index contributed by atoms with van der Waals surface area (Å²) >= 11 is 0. The van der Waals surface area contributed by atoms with E-state index in [0.29, 0.717) is 12.2 Å². The Kier molecular flexibility index (Phi) is 5.31. The second kappa shape index (κ2) is 7.66. The number of allylic oxidation sites excluding steroid dienone is 1. The van der Waals surface area contributed by atoms with Gasteiger partial charge >= 0.3 is 6.03 Å². The second-order valence-electron chi connectivity index (χ2n) is 6.93. The summed E-state index contributed by atoms with van der Waals surface area (Å²) < 4.78 is 5.22. The number of carbonyl (C=O) groups excluding carboxylic acids is 2. The van der Waals surface area contributed by atoms with Gasteiger partial charge in [0.2, 0.25) is 0 Å². The highest BCUT2D eigenvalue weighted by molar-refractivity contribution is 6.07. The fourth-order valence-corrected chi connectivity index (χ4v) is 3.22. The van der Waals surface area contributed by atoms with Crippen LogP contribution in [0.1, 0.15) is 31.4 Å². The molecule has 3 rings (SSSR count). The number of nitrogens with one attached hydrogen (secondary N) is 1. The second-order valence-corrected chi connectivity index (χ2v) is 6.93. The molecule has 1 aliphatic heterocycles. The van der Waals surface area contributed by atoms with Crippen LogP contribution in [0, 0.1) is 0 Å². The number of nitrogens with zero attached hydrogens (tertiary/aromatic N) is 1. The molecule has 1 atom stereocenters. The van der Waals surface area contributed by atoms with Gasteiger partial charge in [0.05, 0.1) is 13.7 Å². The number of carbonyl (C=O) groups is 2. The van der Waals surface area contributed by atoms with Gasteiger partial charge in [-0.05, 0) is 37.1 Å². The molecule has 0 spiro atoms. The van der Waals surface area contributed by atoms with Gasteiger partial charge in [-0.3, -0.25) is 9.69 Å². The average Bonchev–Trinajstić information content (AvgIpc) is 2.92. The minimum absolute atomic E-state index is 0.237. The highest BCUT2D eigenvalue weighted by atomic mass is 16.5. The topological polar surface area (TPSA) is 58.6 Å². The van der Waals surface area contributed by atoms with Gasteiger partial charge in [0.25, 0.3) is 5.91 Å². The Morgan fingerprint density at radius 3 is 2.33 bits per heavy atom. The van der Waals surface area contributed by atoms with E-state index in [0.717, 1.165) is 16.7 Å². The van der Waals surface area contributed by atoms with Gasteiger partial charge < -0.3 is 10.1 Å². The molecule has 0 aromatic heterocycles. The zero-order valence-corrected chi connectivity index (χ0v) is 15.9. The van der Waals surface area contributed by atoms with E-state index >= 15 is 0 Å². The molecule has 2 aromatic rings. The van der Waals surface area contributed by atoms with Crippen molar-refractivity contribution < 1.29 is 14.3 Å². The van der Waals surface area contributed by atoms with Crippen molar-refractivity contribution in [3.05, 3.63) is 77.4 Å². The van der Waals surface area contributed by atoms with Gasteiger partial charge in [-0.2, -0.15) is 0 Å². The third-order valence-electron chi connectivity index (χ3n) is 4.76. The smallest absolute Gasteiger partial charge is 0.325 e. The molecule has 1 unspecified atom stereocenters. The van der Waals surface area contributed by atoms with Crippen molar-refractivity contribution in [2.24, 2.45) is 0 Å². The Balaban J connectivity index is 1.98. The van der Waals surface area contributed by atoms with Crippen molar-refractivity contribution in [2.45, 2.75) is 32.4 Å². The lowest BCUT2D eigenvalue weighted by atomic mass is 9.85. The first kappa shape index (κ1) is 18.7. The molecule has 1 aliphatic rings. The number of urea groups is 1. The van der Waals surface area contributed by atoms with Crippen LogP contribution in [0.25, 0.3) is 0 Å². The summed E-state index contributed by atoms with van der Waals surface area (Å²) in [7, 11) is 1.60.